The van der Waals surface area contributed by atoms with E-state index in [0.717, 1.165) is 34.2 Å². The number of amides is 1. The number of ketones is 1. The maximum atomic E-state index is 14.9. The van der Waals surface area contributed by atoms with Gasteiger partial charge in [-0.1, -0.05) is 87.5 Å². The molecule has 0 saturated carbocycles. The molecule has 7 nitrogen and oxygen atoms in total. The third-order valence-electron chi connectivity index (χ3n) is 10.3. The van der Waals surface area contributed by atoms with Gasteiger partial charge in [-0.15, -0.1) is 0 Å². The van der Waals surface area contributed by atoms with Crippen LogP contribution in [0.3, 0.4) is 0 Å². The van der Waals surface area contributed by atoms with Gasteiger partial charge in [0, 0.05) is 36.7 Å². The van der Waals surface area contributed by atoms with Gasteiger partial charge in [-0.25, -0.2) is 4.39 Å². The summed E-state index contributed by atoms with van der Waals surface area (Å²) in [4.78, 5) is 43.0. The Morgan fingerprint density at radius 3 is 2.10 bits per heavy atom. The van der Waals surface area contributed by atoms with Gasteiger partial charge >= 0.3 is 5.97 Å². The summed E-state index contributed by atoms with van der Waals surface area (Å²) in [5.41, 5.74) is 6.54. The molecule has 1 atom stereocenters. The standard InChI is InChI=1S/C43H51FN2O5Si/c1-29(2)46-37(23-22-35(47)26-36(27-38(48)50-6)51-52(7,8)43(3,4)5)39(32-18-20-34(44)21-19-32)40(31-15-10-9-11-16-31)41(46)42(49)45-25-24-30-14-12-13-17-33(30)28-45/h9-23,29,36H,24-28H2,1-8H3/t36-/m1/s1. The van der Waals surface area contributed by atoms with Gasteiger partial charge in [0.25, 0.3) is 5.91 Å². The Labute approximate surface area is 308 Å². The average molecular weight is 723 g/mol. The molecule has 2 heterocycles. The van der Waals surface area contributed by atoms with Crippen LogP contribution in [-0.2, 0) is 31.7 Å². The van der Waals surface area contributed by atoms with E-state index in [-0.39, 0.29) is 41.4 Å². The lowest BCUT2D eigenvalue weighted by Gasteiger charge is -2.39. The number of fused-ring (bicyclic) bond motifs is 1. The van der Waals surface area contributed by atoms with Crippen LogP contribution in [0.4, 0.5) is 4.39 Å². The zero-order valence-corrected chi connectivity index (χ0v) is 32.7. The van der Waals surface area contributed by atoms with Crippen molar-refractivity contribution < 1.29 is 27.9 Å². The van der Waals surface area contributed by atoms with Gasteiger partial charge in [0.15, 0.2) is 14.1 Å². The number of hydrogen-bond acceptors (Lipinski definition) is 5. The van der Waals surface area contributed by atoms with E-state index in [0.29, 0.717) is 24.5 Å². The molecule has 0 unspecified atom stereocenters. The fourth-order valence-electron chi connectivity index (χ4n) is 6.61. The third-order valence-corrected chi connectivity index (χ3v) is 14.9. The quantitative estimate of drug-likeness (QED) is 0.0827. The van der Waals surface area contributed by atoms with Crippen molar-refractivity contribution in [3.05, 3.63) is 113 Å². The summed E-state index contributed by atoms with van der Waals surface area (Å²) in [5.74, 6) is -1.15. The Bertz CT molecular complexity index is 1940. The van der Waals surface area contributed by atoms with Crippen LogP contribution in [0.1, 0.15) is 80.8 Å². The number of rotatable bonds is 12. The lowest BCUT2D eigenvalue weighted by Crippen LogP contribution is -2.44. The average Bonchev–Trinajstić information content (AvgIpc) is 3.45. The highest BCUT2D eigenvalue weighted by molar-refractivity contribution is 6.74. The Kier molecular flexibility index (Phi) is 11.9. The first-order valence-corrected chi connectivity index (χ1v) is 20.9. The molecule has 9 heteroatoms. The lowest BCUT2D eigenvalue weighted by molar-refractivity contribution is -0.142. The van der Waals surface area contributed by atoms with Crippen molar-refractivity contribution >= 4 is 32.1 Å². The number of halogens is 1. The molecule has 1 aliphatic rings. The van der Waals surface area contributed by atoms with Crippen LogP contribution < -0.4 is 0 Å². The van der Waals surface area contributed by atoms with Crippen molar-refractivity contribution in [3.8, 4) is 22.3 Å². The Balaban J connectivity index is 1.66. The summed E-state index contributed by atoms with van der Waals surface area (Å²) in [6, 6.07) is 24.0. The molecular weight excluding hydrogens is 672 g/mol. The molecular formula is C43H51FN2O5Si. The summed E-state index contributed by atoms with van der Waals surface area (Å²) in [6.45, 7) is 15.6. The van der Waals surface area contributed by atoms with Crippen LogP contribution in [-0.4, -0.2) is 55.2 Å². The first-order chi connectivity index (χ1) is 24.6. The highest BCUT2D eigenvalue weighted by Gasteiger charge is 2.40. The van der Waals surface area contributed by atoms with Crippen molar-refractivity contribution in [2.75, 3.05) is 13.7 Å². The maximum absolute atomic E-state index is 14.9. The van der Waals surface area contributed by atoms with Crippen LogP contribution in [0.5, 0.6) is 0 Å². The molecule has 0 aliphatic carbocycles. The van der Waals surface area contributed by atoms with E-state index in [1.54, 1.807) is 18.2 Å². The van der Waals surface area contributed by atoms with Gasteiger partial charge in [0.2, 0.25) is 0 Å². The van der Waals surface area contributed by atoms with Crippen molar-refractivity contribution in [2.45, 2.75) is 90.7 Å². The summed E-state index contributed by atoms with van der Waals surface area (Å²) >= 11 is 0. The predicted molar refractivity (Wildman–Crippen MR) is 208 cm³/mol. The van der Waals surface area contributed by atoms with Gasteiger partial charge in [-0.3, -0.25) is 14.4 Å². The largest absolute Gasteiger partial charge is 0.469 e. The number of esters is 1. The number of benzene rings is 3. The zero-order chi connectivity index (χ0) is 37.8. The minimum Gasteiger partial charge on any atom is -0.469 e. The zero-order valence-electron chi connectivity index (χ0n) is 31.7. The van der Waals surface area contributed by atoms with Crippen LogP contribution in [0.2, 0.25) is 18.1 Å². The topological polar surface area (TPSA) is 77.8 Å². The Hall–Kier alpha value is -4.60. The van der Waals surface area contributed by atoms with E-state index >= 15 is 0 Å². The van der Waals surface area contributed by atoms with Gasteiger partial charge in [-0.2, -0.15) is 0 Å². The molecule has 0 bridgehead atoms. The van der Waals surface area contributed by atoms with Crippen LogP contribution in [0, 0.1) is 5.82 Å². The second-order valence-electron chi connectivity index (χ2n) is 15.4. The minimum absolute atomic E-state index is 0.0170. The van der Waals surface area contributed by atoms with E-state index in [1.807, 2.05) is 65.8 Å². The van der Waals surface area contributed by atoms with Crippen molar-refractivity contribution in [1.82, 2.24) is 9.47 Å². The monoisotopic (exact) mass is 722 g/mol. The van der Waals surface area contributed by atoms with Gasteiger partial charge < -0.3 is 18.6 Å². The molecule has 274 valence electrons. The van der Waals surface area contributed by atoms with Crippen LogP contribution in [0.25, 0.3) is 28.3 Å². The summed E-state index contributed by atoms with van der Waals surface area (Å²) in [7, 11) is -1.01. The van der Waals surface area contributed by atoms with Gasteiger partial charge in [-0.05, 0) is 84.9 Å². The Morgan fingerprint density at radius 1 is 0.865 bits per heavy atom. The molecule has 0 spiro atoms. The number of allylic oxidation sites excluding steroid dienone is 1. The fourth-order valence-corrected chi connectivity index (χ4v) is 7.97. The fraction of sp³-hybridized carbons (Fsp3) is 0.372. The summed E-state index contributed by atoms with van der Waals surface area (Å²) in [6.07, 6.45) is 3.31. The molecule has 0 N–H and O–H groups in total. The second kappa shape index (κ2) is 16.0. The smallest absolute Gasteiger partial charge is 0.308 e. The number of carbonyl (C=O) groups is 3. The lowest BCUT2D eigenvalue weighted by atomic mass is 9.93. The van der Waals surface area contributed by atoms with Gasteiger partial charge in [0.1, 0.15) is 11.5 Å². The molecule has 0 saturated heterocycles. The van der Waals surface area contributed by atoms with Crippen molar-refractivity contribution in [2.24, 2.45) is 0 Å². The molecule has 4 aromatic rings. The predicted octanol–water partition coefficient (Wildman–Crippen LogP) is 9.67. The highest BCUT2D eigenvalue weighted by atomic mass is 28.4. The van der Waals surface area contributed by atoms with Crippen molar-refractivity contribution in [3.63, 3.8) is 0 Å². The molecule has 1 aromatic heterocycles. The second-order valence-corrected chi connectivity index (χ2v) is 20.1. The molecule has 52 heavy (non-hydrogen) atoms. The number of ether oxygens (including phenoxy) is 1. The van der Waals surface area contributed by atoms with E-state index in [9.17, 15) is 18.8 Å². The molecule has 1 aliphatic heterocycles. The molecule has 5 rings (SSSR count). The molecule has 3 aromatic carbocycles. The first kappa shape index (κ1) is 38.6. The maximum Gasteiger partial charge on any atom is 0.308 e. The Morgan fingerprint density at radius 2 is 1.48 bits per heavy atom. The number of aromatic nitrogens is 1. The summed E-state index contributed by atoms with van der Waals surface area (Å²) in [5, 5.41) is -0.129. The number of carbonyl (C=O) groups excluding carboxylic acids is 3. The SMILES string of the molecule is COC(=O)C[C@@H](CC(=O)C=Cc1c(-c2ccc(F)cc2)c(-c2ccccc2)c(C(=O)N2CCc3ccccc3C2)n1C(C)C)O[Si](C)(C)C(C)(C)C. The molecule has 0 radical (unpaired) electrons. The van der Waals surface area contributed by atoms with E-state index in [2.05, 4.69) is 46.0 Å². The first-order valence-electron chi connectivity index (χ1n) is 18.0. The van der Waals surface area contributed by atoms with E-state index < -0.39 is 20.4 Å². The summed E-state index contributed by atoms with van der Waals surface area (Å²) < 4.78 is 27.9. The highest BCUT2D eigenvalue weighted by Crippen LogP contribution is 2.43. The molecule has 0 fully saturated rings. The number of methoxy groups -OCH3 is 1. The minimum atomic E-state index is -2.34. The molecule has 1 amide bonds. The van der Waals surface area contributed by atoms with E-state index in [1.165, 1.54) is 30.9 Å². The van der Waals surface area contributed by atoms with Gasteiger partial charge in [0.05, 0.1) is 25.3 Å². The van der Waals surface area contributed by atoms with Crippen molar-refractivity contribution in [1.29, 1.82) is 0 Å². The normalized spacial score (nSPS) is 14.1. The number of nitrogens with zero attached hydrogens (tertiary/aromatic N) is 2. The third kappa shape index (κ3) is 8.53. The van der Waals surface area contributed by atoms with Crippen LogP contribution in [0.15, 0.2) is 84.9 Å². The van der Waals surface area contributed by atoms with Crippen LogP contribution >= 0.6 is 0 Å². The van der Waals surface area contributed by atoms with E-state index in [4.69, 9.17) is 9.16 Å². The number of hydrogen-bond donors (Lipinski definition) is 0.